The number of hydrogen-bond acceptors (Lipinski definition) is 4. The molecule has 2 fully saturated rings. The van der Waals surface area contributed by atoms with E-state index in [1.165, 1.54) is 0 Å². The minimum atomic E-state index is -0.677. The van der Waals surface area contributed by atoms with E-state index in [2.05, 4.69) is 11.4 Å². The molecule has 0 aromatic heterocycles. The van der Waals surface area contributed by atoms with Crippen molar-refractivity contribution in [2.24, 2.45) is 0 Å². The van der Waals surface area contributed by atoms with Gasteiger partial charge in [0.15, 0.2) is 0 Å². The van der Waals surface area contributed by atoms with E-state index in [0.717, 1.165) is 25.7 Å². The number of nitrogens with zero attached hydrogens (tertiary/aromatic N) is 3. The SMILES string of the molecule is N#CC1(NC(=O)CN2CCN(C(=O)c3ccc(Cl)cc3)CC2)CCCC1. The van der Waals surface area contributed by atoms with Crippen LogP contribution in [0.5, 0.6) is 0 Å². The standard InChI is InChI=1S/C19H23ClN4O2/c20-16-5-3-15(4-6-16)18(26)24-11-9-23(10-12-24)13-17(25)22-19(14-21)7-1-2-8-19/h3-6H,1-2,7-13H2,(H,22,25). The second-order valence-electron chi connectivity index (χ2n) is 7.02. The maximum absolute atomic E-state index is 12.5. The van der Waals surface area contributed by atoms with Gasteiger partial charge in [0.05, 0.1) is 12.6 Å². The van der Waals surface area contributed by atoms with Crippen LogP contribution < -0.4 is 5.32 Å². The smallest absolute Gasteiger partial charge is 0.253 e. The van der Waals surface area contributed by atoms with Gasteiger partial charge in [0, 0.05) is 36.8 Å². The van der Waals surface area contributed by atoms with Gasteiger partial charge in [-0.2, -0.15) is 5.26 Å². The second kappa shape index (κ2) is 8.07. The van der Waals surface area contributed by atoms with Gasteiger partial charge in [-0.05, 0) is 49.9 Å². The van der Waals surface area contributed by atoms with Crippen molar-refractivity contribution in [1.29, 1.82) is 5.26 Å². The topological polar surface area (TPSA) is 76.4 Å². The molecule has 2 amide bonds. The fourth-order valence-electron chi connectivity index (χ4n) is 3.64. The molecule has 1 saturated carbocycles. The molecular weight excluding hydrogens is 352 g/mol. The second-order valence-corrected chi connectivity index (χ2v) is 7.46. The molecule has 0 radical (unpaired) electrons. The molecule has 1 aromatic carbocycles. The van der Waals surface area contributed by atoms with Crippen LogP contribution in [0.2, 0.25) is 5.02 Å². The van der Waals surface area contributed by atoms with Gasteiger partial charge in [0.1, 0.15) is 5.54 Å². The Labute approximate surface area is 158 Å². The van der Waals surface area contributed by atoms with Crippen LogP contribution in [0.3, 0.4) is 0 Å². The van der Waals surface area contributed by atoms with Crippen LogP contribution in [-0.4, -0.2) is 59.9 Å². The maximum Gasteiger partial charge on any atom is 0.253 e. The van der Waals surface area contributed by atoms with Gasteiger partial charge in [-0.15, -0.1) is 0 Å². The minimum Gasteiger partial charge on any atom is -0.337 e. The normalized spacial score (nSPS) is 19.8. The highest BCUT2D eigenvalue weighted by Crippen LogP contribution is 2.28. The Bertz CT molecular complexity index is 699. The fraction of sp³-hybridized carbons (Fsp3) is 0.526. The van der Waals surface area contributed by atoms with Gasteiger partial charge < -0.3 is 10.2 Å². The average molecular weight is 375 g/mol. The highest BCUT2D eigenvalue weighted by Gasteiger charge is 2.35. The van der Waals surface area contributed by atoms with Crippen LogP contribution in [0.4, 0.5) is 0 Å². The van der Waals surface area contributed by atoms with Gasteiger partial charge >= 0.3 is 0 Å². The molecule has 138 valence electrons. The lowest BCUT2D eigenvalue weighted by Crippen LogP contribution is -2.53. The van der Waals surface area contributed by atoms with Crippen molar-refractivity contribution in [1.82, 2.24) is 15.1 Å². The lowest BCUT2D eigenvalue weighted by molar-refractivity contribution is -0.123. The summed E-state index contributed by atoms with van der Waals surface area (Å²) in [6.45, 7) is 2.72. The van der Waals surface area contributed by atoms with Gasteiger partial charge in [-0.1, -0.05) is 11.6 Å². The predicted octanol–water partition coefficient (Wildman–Crippen LogP) is 2.05. The van der Waals surface area contributed by atoms with E-state index in [4.69, 9.17) is 11.6 Å². The number of halogens is 1. The summed E-state index contributed by atoms with van der Waals surface area (Å²) in [6, 6.07) is 9.16. The zero-order valence-corrected chi connectivity index (χ0v) is 15.5. The zero-order chi connectivity index (χ0) is 18.6. The number of nitrogens with one attached hydrogen (secondary N) is 1. The number of rotatable bonds is 4. The van der Waals surface area contributed by atoms with E-state index in [9.17, 15) is 14.9 Å². The van der Waals surface area contributed by atoms with Crippen molar-refractivity contribution in [3.8, 4) is 6.07 Å². The Kier molecular flexibility index (Phi) is 5.80. The Morgan fingerprint density at radius 2 is 1.73 bits per heavy atom. The van der Waals surface area contributed by atoms with Gasteiger partial charge in [0.25, 0.3) is 5.91 Å². The Balaban J connectivity index is 1.47. The fourth-order valence-corrected chi connectivity index (χ4v) is 3.76. The van der Waals surface area contributed by atoms with E-state index >= 15 is 0 Å². The number of benzene rings is 1. The van der Waals surface area contributed by atoms with Crippen molar-refractivity contribution in [3.05, 3.63) is 34.9 Å². The van der Waals surface area contributed by atoms with Crippen LogP contribution in [-0.2, 0) is 4.79 Å². The van der Waals surface area contributed by atoms with E-state index in [1.54, 1.807) is 29.2 Å². The first-order valence-corrected chi connectivity index (χ1v) is 9.39. The summed E-state index contributed by atoms with van der Waals surface area (Å²) in [4.78, 5) is 28.6. The van der Waals surface area contributed by atoms with Crippen molar-refractivity contribution >= 4 is 23.4 Å². The van der Waals surface area contributed by atoms with E-state index in [0.29, 0.717) is 36.8 Å². The molecule has 26 heavy (non-hydrogen) atoms. The van der Waals surface area contributed by atoms with E-state index < -0.39 is 5.54 Å². The molecule has 6 nitrogen and oxygen atoms in total. The minimum absolute atomic E-state index is 0.0137. The number of carbonyl (C=O) groups is 2. The van der Waals surface area contributed by atoms with Crippen molar-refractivity contribution in [2.75, 3.05) is 32.7 Å². The lowest BCUT2D eigenvalue weighted by Gasteiger charge is -2.35. The third kappa shape index (κ3) is 4.35. The molecule has 1 N–H and O–H groups in total. The molecule has 0 atom stereocenters. The molecule has 1 heterocycles. The van der Waals surface area contributed by atoms with Gasteiger partial charge in [0.2, 0.25) is 5.91 Å². The summed E-state index contributed by atoms with van der Waals surface area (Å²) in [5, 5.41) is 12.9. The molecule has 0 bridgehead atoms. The molecule has 1 saturated heterocycles. The summed E-state index contributed by atoms with van der Waals surface area (Å²) >= 11 is 5.86. The quantitative estimate of drug-likeness (QED) is 0.875. The summed E-state index contributed by atoms with van der Waals surface area (Å²) in [5.74, 6) is -0.119. The molecule has 7 heteroatoms. The highest BCUT2D eigenvalue weighted by molar-refractivity contribution is 6.30. The van der Waals surface area contributed by atoms with Crippen molar-refractivity contribution in [3.63, 3.8) is 0 Å². The van der Waals surface area contributed by atoms with Crippen LogP contribution >= 0.6 is 11.6 Å². The first-order valence-electron chi connectivity index (χ1n) is 9.01. The van der Waals surface area contributed by atoms with Crippen LogP contribution in [0, 0.1) is 11.3 Å². The Hall–Kier alpha value is -2.10. The molecule has 0 unspecified atom stereocenters. The third-order valence-corrected chi connectivity index (χ3v) is 5.42. The first kappa shape index (κ1) is 18.7. The van der Waals surface area contributed by atoms with Crippen LogP contribution in [0.25, 0.3) is 0 Å². The molecule has 3 rings (SSSR count). The molecule has 1 aliphatic heterocycles. The van der Waals surface area contributed by atoms with Gasteiger partial charge in [-0.3, -0.25) is 14.5 Å². The van der Waals surface area contributed by atoms with E-state index in [1.807, 2.05) is 4.90 Å². The van der Waals surface area contributed by atoms with Crippen molar-refractivity contribution in [2.45, 2.75) is 31.2 Å². The van der Waals surface area contributed by atoms with E-state index in [-0.39, 0.29) is 18.4 Å². The molecule has 1 aliphatic carbocycles. The zero-order valence-electron chi connectivity index (χ0n) is 14.7. The Morgan fingerprint density at radius 1 is 1.12 bits per heavy atom. The van der Waals surface area contributed by atoms with Crippen LogP contribution in [0.15, 0.2) is 24.3 Å². The number of nitriles is 1. The van der Waals surface area contributed by atoms with Gasteiger partial charge in [-0.25, -0.2) is 0 Å². The summed E-state index contributed by atoms with van der Waals surface area (Å²) in [7, 11) is 0. The first-order chi connectivity index (χ1) is 12.5. The summed E-state index contributed by atoms with van der Waals surface area (Å²) in [5.41, 5.74) is -0.0542. The van der Waals surface area contributed by atoms with Crippen molar-refractivity contribution < 1.29 is 9.59 Å². The summed E-state index contributed by atoms with van der Waals surface area (Å²) < 4.78 is 0. The molecule has 2 aliphatic rings. The molecule has 0 spiro atoms. The number of piperazine rings is 1. The molecular formula is C19H23ClN4O2. The summed E-state index contributed by atoms with van der Waals surface area (Å²) in [6.07, 6.45) is 3.44. The number of carbonyl (C=O) groups excluding carboxylic acids is 2. The highest BCUT2D eigenvalue weighted by atomic mass is 35.5. The number of amides is 2. The van der Waals surface area contributed by atoms with Crippen LogP contribution in [0.1, 0.15) is 36.0 Å². The predicted molar refractivity (Wildman–Crippen MR) is 98.8 cm³/mol. The third-order valence-electron chi connectivity index (χ3n) is 5.17. The maximum atomic E-state index is 12.5. The Morgan fingerprint density at radius 3 is 2.31 bits per heavy atom. The number of hydrogen-bond donors (Lipinski definition) is 1. The molecule has 1 aromatic rings. The lowest BCUT2D eigenvalue weighted by atomic mass is 10.00. The largest absolute Gasteiger partial charge is 0.337 e. The monoisotopic (exact) mass is 374 g/mol. The average Bonchev–Trinajstić information content (AvgIpc) is 3.11.